The number of nitrogens with zero attached hydrogens (tertiary/aromatic N) is 2. The number of rotatable bonds is 4. The summed E-state index contributed by atoms with van der Waals surface area (Å²) < 4.78 is 0. The van der Waals surface area contributed by atoms with E-state index in [2.05, 4.69) is 113 Å². The molecule has 0 fully saturated rings. The van der Waals surface area contributed by atoms with E-state index in [1.165, 1.54) is 21.6 Å². The van der Waals surface area contributed by atoms with Crippen LogP contribution >= 0.6 is 11.3 Å². The summed E-state index contributed by atoms with van der Waals surface area (Å²) in [5.41, 5.74) is 4.07. The Morgan fingerprint density at radius 1 is 0.486 bits per heavy atom. The van der Waals surface area contributed by atoms with E-state index in [9.17, 15) is 0 Å². The van der Waals surface area contributed by atoms with Crippen molar-refractivity contribution in [2.45, 2.75) is 79.1 Å². The minimum Gasteiger partial charge on any atom is -0.265 e. The van der Waals surface area contributed by atoms with Crippen LogP contribution < -0.4 is 0 Å². The summed E-state index contributed by atoms with van der Waals surface area (Å²) in [6, 6.07) is 22.9. The summed E-state index contributed by atoms with van der Waals surface area (Å²) >= 11 is 1.83. The van der Waals surface area contributed by atoms with E-state index >= 15 is 0 Å². The van der Waals surface area contributed by atoms with Crippen LogP contribution in [0.15, 0.2) is 96.9 Å². The highest BCUT2D eigenvalue weighted by molar-refractivity contribution is 7.10. The van der Waals surface area contributed by atoms with Crippen molar-refractivity contribution in [1.29, 1.82) is 0 Å². The summed E-state index contributed by atoms with van der Waals surface area (Å²) in [5, 5.41) is 2.12. The molecule has 4 aromatic rings. The van der Waals surface area contributed by atoms with Gasteiger partial charge in [0, 0.05) is 29.7 Å². The monoisotopic (exact) mass is 488 g/mol. The molecule has 0 amide bonds. The second kappa shape index (κ2) is 17.6. The van der Waals surface area contributed by atoms with E-state index in [4.69, 9.17) is 0 Å². The zero-order valence-electron chi connectivity index (χ0n) is 22.8. The maximum absolute atomic E-state index is 4.01. The van der Waals surface area contributed by atoms with E-state index in [1.54, 1.807) is 6.20 Å². The largest absolute Gasteiger partial charge is 0.265 e. The van der Waals surface area contributed by atoms with Crippen molar-refractivity contribution in [2.24, 2.45) is 0 Å². The average Bonchev–Trinajstić information content (AvgIpc) is 3.43. The molecule has 1 aromatic carbocycles. The van der Waals surface area contributed by atoms with Crippen LogP contribution in [0.4, 0.5) is 0 Å². The molecule has 0 saturated heterocycles. The molecule has 188 valence electrons. The quantitative estimate of drug-likeness (QED) is 0.285. The number of benzene rings is 1. The average molecular weight is 489 g/mol. The topological polar surface area (TPSA) is 25.8 Å². The van der Waals surface area contributed by atoms with Crippen LogP contribution in [0, 0.1) is 0 Å². The molecule has 3 heteroatoms. The summed E-state index contributed by atoms with van der Waals surface area (Å²) in [6.45, 7) is 17.5. The lowest BCUT2D eigenvalue weighted by atomic mass is 10.0. The molecule has 0 bridgehead atoms. The van der Waals surface area contributed by atoms with Crippen molar-refractivity contribution >= 4 is 11.3 Å². The molecule has 3 aromatic heterocycles. The highest BCUT2D eigenvalue weighted by atomic mass is 32.1. The molecule has 0 aliphatic rings. The molecule has 35 heavy (non-hydrogen) atoms. The van der Waals surface area contributed by atoms with Crippen LogP contribution in [0.25, 0.3) is 0 Å². The molecule has 0 saturated carbocycles. The van der Waals surface area contributed by atoms with E-state index in [-0.39, 0.29) is 0 Å². The van der Waals surface area contributed by atoms with Gasteiger partial charge in [-0.15, -0.1) is 11.3 Å². The predicted molar refractivity (Wildman–Crippen MR) is 156 cm³/mol. The fourth-order valence-electron chi connectivity index (χ4n) is 2.92. The fraction of sp³-hybridized carbons (Fsp3) is 0.375. The first-order valence-electron chi connectivity index (χ1n) is 12.6. The van der Waals surface area contributed by atoms with Crippen molar-refractivity contribution < 1.29 is 0 Å². The van der Waals surface area contributed by atoms with E-state index < -0.39 is 0 Å². The second-order valence-corrected chi connectivity index (χ2v) is 10.6. The highest BCUT2D eigenvalue weighted by Crippen LogP contribution is 2.18. The van der Waals surface area contributed by atoms with Crippen molar-refractivity contribution in [3.8, 4) is 0 Å². The van der Waals surface area contributed by atoms with Gasteiger partial charge in [0.05, 0.1) is 0 Å². The molecule has 4 rings (SSSR count). The summed E-state index contributed by atoms with van der Waals surface area (Å²) in [7, 11) is 0. The standard InChI is InChI=1S/C9H12.2C8H11N.C7H10S/c1-8(2)9-6-4-3-5-7-9;1-7(2)8-3-5-9-6-4-8;1-7(2)8-4-3-5-9-6-8;1-6(2)7-4-3-5-8-7/h3-8H,1-2H3;2*3-7H,1-2H3;3-6H,1-2H3. The van der Waals surface area contributed by atoms with Gasteiger partial charge >= 0.3 is 0 Å². The van der Waals surface area contributed by atoms with E-state index in [0.29, 0.717) is 23.7 Å². The lowest BCUT2D eigenvalue weighted by Gasteiger charge is -2.01. The van der Waals surface area contributed by atoms with Crippen molar-refractivity contribution in [3.05, 3.63) is 118 Å². The third kappa shape index (κ3) is 13.6. The third-order valence-electron chi connectivity index (χ3n) is 5.30. The lowest BCUT2D eigenvalue weighted by molar-refractivity contribution is 0.858. The van der Waals surface area contributed by atoms with Crippen LogP contribution in [-0.2, 0) is 0 Å². The van der Waals surface area contributed by atoms with Gasteiger partial charge in [-0.3, -0.25) is 9.97 Å². The number of aromatic nitrogens is 2. The molecule has 0 radical (unpaired) electrons. The predicted octanol–water partition coefficient (Wildman–Crippen LogP) is 10.1. The summed E-state index contributed by atoms with van der Waals surface area (Å²) in [5.74, 6) is 2.58. The van der Waals surface area contributed by atoms with Gasteiger partial charge in [0.2, 0.25) is 0 Å². The Kier molecular flexibility index (Phi) is 15.2. The zero-order valence-corrected chi connectivity index (χ0v) is 23.7. The van der Waals surface area contributed by atoms with Gasteiger partial charge in [-0.25, -0.2) is 0 Å². The normalized spacial score (nSPS) is 10.2. The Balaban J connectivity index is 0.000000234. The SMILES string of the molecule is CC(C)c1ccccc1.CC(C)c1cccnc1.CC(C)c1cccs1.CC(C)c1ccncc1. The maximum Gasteiger partial charge on any atom is 0.0302 e. The minimum absolute atomic E-state index is 0.596. The van der Waals surface area contributed by atoms with Crippen LogP contribution in [0.5, 0.6) is 0 Å². The van der Waals surface area contributed by atoms with E-state index in [1.807, 2.05) is 54.2 Å². The molecule has 0 aliphatic carbocycles. The Labute approximate surface area is 218 Å². The number of pyridine rings is 2. The first kappa shape index (κ1) is 30.3. The highest BCUT2D eigenvalue weighted by Gasteiger charge is 1.96. The zero-order chi connectivity index (χ0) is 26.1. The Morgan fingerprint density at radius 3 is 1.34 bits per heavy atom. The van der Waals surface area contributed by atoms with Gasteiger partial charge in [-0.2, -0.15) is 0 Å². The smallest absolute Gasteiger partial charge is 0.0302 e. The molecule has 0 unspecified atom stereocenters. The minimum atomic E-state index is 0.596. The Hall–Kier alpha value is -2.78. The fourth-order valence-corrected chi connectivity index (χ4v) is 3.67. The van der Waals surface area contributed by atoms with Crippen molar-refractivity contribution in [2.75, 3.05) is 0 Å². The Bertz CT molecular complexity index is 874. The van der Waals surface area contributed by atoms with Crippen molar-refractivity contribution in [1.82, 2.24) is 9.97 Å². The molecule has 0 N–H and O–H groups in total. The molecule has 2 nitrogen and oxygen atoms in total. The first-order chi connectivity index (χ1) is 16.7. The summed E-state index contributed by atoms with van der Waals surface area (Å²) in [6.07, 6.45) is 7.36. The van der Waals surface area contributed by atoms with Gasteiger partial charge in [-0.1, -0.05) is 97.9 Å². The van der Waals surface area contributed by atoms with Gasteiger partial charge in [0.15, 0.2) is 0 Å². The van der Waals surface area contributed by atoms with Gasteiger partial charge < -0.3 is 0 Å². The van der Waals surface area contributed by atoms with E-state index in [0.717, 1.165) is 0 Å². The van der Waals surface area contributed by atoms with Gasteiger partial charge in [-0.05, 0) is 70.0 Å². The van der Waals surface area contributed by atoms with Gasteiger partial charge in [0.1, 0.15) is 0 Å². The van der Waals surface area contributed by atoms with Crippen LogP contribution in [0.3, 0.4) is 0 Å². The van der Waals surface area contributed by atoms with Crippen LogP contribution in [0.1, 0.15) is 101 Å². The number of hydrogen-bond donors (Lipinski definition) is 0. The van der Waals surface area contributed by atoms with Gasteiger partial charge in [0.25, 0.3) is 0 Å². The maximum atomic E-state index is 4.01. The number of hydrogen-bond acceptors (Lipinski definition) is 3. The molecule has 0 atom stereocenters. The second-order valence-electron chi connectivity index (χ2n) is 9.61. The number of thiophene rings is 1. The van der Waals surface area contributed by atoms with Crippen LogP contribution in [-0.4, -0.2) is 9.97 Å². The first-order valence-corrected chi connectivity index (χ1v) is 13.5. The van der Waals surface area contributed by atoms with Crippen molar-refractivity contribution in [3.63, 3.8) is 0 Å². The Morgan fingerprint density at radius 2 is 1.03 bits per heavy atom. The molecule has 0 spiro atoms. The molecule has 0 aliphatic heterocycles. The molecular weight excluding hydrogens is 444 g/mol. The molecule has 3 heterocycles. The summed E-state index contributed by atoms with van der Waals surface area (Å²) in [4.78, 5) is 9.41. The lowest BCUT2D eigenvalue weighted by Crippen LogP contribution is -1.85. The molecular formula is C32H44N2S. The van der Waals surface area contributed by atoms with Crippen LogP contribution in [0.2, 0.25) is 0 Å². The third-order valence-corrected chi connectivity index (χ3v) is 6.48.